The quantitative estimate of drug-likeness (QED) is 0.745. The molecule has 0 radical (unpaired) electrons. The zero-order valence-corrected chi connectivity index (χ0v) is 14.1. The number of ether oxygens (including phenoxy) is 3. The number of aryl methyl sites for hydroxylation is 1. The first kappa shape index (κ1) is 18.1. The average molecular weight is 310 g/mol. The van der Waals surface area contributed by atoms with Crippen LogP contribution in [0.25, 0.3) is 0 Å². The smallest absolute Gasteiger partial charge is 0.220 e. The van der Waals surface area contributed by atoms with Crippen LogP contribution in [0.15, 0.2) is 12.1 Å². The van der Waals surface area contributed by atoms with Gasteiger partial charge in [0.15, 0.2) is 11.5 Å². The van der Waals surface area contributed by atoms with Gasteiger partial charge in [-0.3, -0.25) is 4.79 Å². The topological polar surface area (TPSA) is 60.0 Å². The maximum atomic E-state index is 11.8. The van der Waals surface area contributed by atoms with Gasteiger partial charge in [-0.05, 0) is 38.2 Å². The van der Waals surface area contributed by atoms with Crippen LogP contribution in [-0.2, 0) is 11.2 Å². The van der Waals surface area contributed by atoms with E-state index in [1.807, 2.05) is 31.1 Å². The molecule has 0 heterocycles. The number of amides is 1. The predicted octanol–water partition coefficient (Wildman–Crippen LogP) is 1.32. The molecule has 0 saturated heterocycles. The Morgan fingerprint density at radius 1 is 1.09 bits per heavy atom. The van der Waals surface area contributed by atoms with Crippen molar-refractivity contribution in [1.82, 2.24) is 10.2 Å². The molecule has 0 atom stereocenters. The number of benzene rings is 1. The van der Waals surface area contributed by atoms with Crippen molar-refractivity contribution in [3.8, 4) is 17.2 Å². The molecule has 0 unspecified atom stereocenters. The van der Waals surface area contributed by atoms with E-state index in [-0.39, 0.29) is 5.91 Å². The fourth-order valence-corrected chi connectivity index (χ4v) is 2.04. The third kappa shape index (κ3) is 5.44. The second kappa shape index (κ2) is 9.15. The Morgan fingerprint density at radius 3 is 2.14 bits per heavy atom. The molecule has 1 amide bonds. The highest BCUT2D eigenvalue weighted by molar-refractivity contribution is 5.76. The first-order valence-electron chi connectivity index (χ1n) is 7.22. The Hall–Kier alpha value is -1.95. The molecule has 0 aromatic heterocycles. The van der Waals surface area contributed by atoms with E-state index in [2.05, 4.69) is 5.32 Å². The summed E-state index contributed by atoms with van der Waals surface area (Å²) in [4.78, 5) is 13.8. The predicted molar refractivity (Wildman–Crippen MR) is 86.0 cm³/mol. The second-order valence-corrected chi connectivity index (χ2v) is 5.19. The van der Waals surface area contributed by atoms with Crippen molar-refractivity contribution in [1.29, 1.82) is 0 Å². The van der Waals surface area contributed by atoms with Crippen molar-refractivity contribution >= 4 is 5.91 Å². The zero-order chi connectivity index (χ0) is 16.5. The van der Waals surface area contributed by atoms with E-state index < -0.39 is 0 Å². The Labute approximate surface area is 132 Å². The van der Waals surface area contributed by atoms with Crippen LogP contribution in [0.2, 0.25) is 0 Å². The van der Waals surface area contributed by atoms with E-state index in [0.717, 1.165) is 12.1 Å². The molecule has 1 N–H and O–H groups in total. The summed E-state index contributed by atoms with van der Waals surface area (Å²) in [6, 6.07) is 3.74. The first-order valence-corrected chi connectivity index (χ1v) is 7.22. The number of rotatable bonds is 9. The van der Waals surface area contributed by atoms with Crippen LogP contribution in [-0.4, -0.2) is 59.3 Å². The van der Waals surface area contributed by atoms with Crippen LogP contribution in [0.1, 0.15) is 12.0 Å². The fourth-order valence-electron chi connectivity index (χ4n) is 2.04. The minimum Gasteiger partial charge on any atom is -0.493 e. The summed E-state index contributed by atoms with van der Waals surface area (Å²) in [5.74, 6) is 1.80. The maximum absolute atomic E-state index is 11.8. The monoisotopic (exact) mass is 310 g/mol. The van der Waals surface area contributed by atoms with Gasteiger partial charge >= 0.3 is 0 Å². The molecule has 0 aliphatic carbocycles. The van der Waals surface area contributed by atoms with Gasteiger partial charge in [-0.2, -0.15) is 0 Å². The lowest BCUT2D eigenvalue weighted by atomic mass is 10.1. The van der Waals surface area contributed by atoms with E-state index in [4.69, 9.17) is 14.2 Å². The molecule has 1 aromatic carbocycles. The van der Waals surface area contributed by atoms with Gasteiger partial charge in [0.2, 0.25) is 11.7 Å². The molecule has 0 bridgehead atoms. The van der Waals surface area contributed by atoms with Gasteiger partial charge in [-0.1, -0.05) is 0 Å². The van der Waals surface area contributed by atoms with E-state index in [1.165, 1.54) is 0 Å². The summed E-state index contributed by atoms with van der Waals surface area (Å²) in [6.45, 7) is 1.48. The Kier molecular flexibility index (Phi) is 7.52. The maximum Gasteiger partial charge on any atom is 0.220 e. The van der Waals surface area contributed by atoms with Crippen LogP contribution < -0.4 is 19.5 Å². The van der Waals surface area contributed by atoms with Crippen molar-refractivity contribution in [2.45, 2.75) is 12.8 Å². The number of hydrogen-bond donors (Lipinski definition) is 1. The lowest BCUT2D eigenvalue weighted by Gasteiger charge is -2.14. The molecule has 22 heavy (non-hydrogen) atoms. The molecule has 0 fully saturated rings. The highest BCUT2D eigenvalue weighted by Crippen LogP contribution is 2.38. The molecule has 0 aliphatic rings. The number of carbonyl (C=O) groups excluding carboxylic acids is 1. The third-order valence-electron chi connectivity index (χ3n) is 3.25. The van der Waals surface area contributed by atoms with Crippen molar-refractivity contribution in [3.63, 3.8) is 0 Å². The van der Waals surface area contributed by atoms with Gasteiger partial charge < -0.3 is 24.4 Å². The van der Waals surface area contributed by atoms with E-state index >= 15 is 0 Å². The molecule has 1 rings (SSSR count). The van der Waals surface area contributed by atoms with E-state index in [9.17, 15) is 4.79 Å². The zero-order valence-electron chi connectivity index (χ0n) is 14.1. The summed E-state index contributed by atoms with van der Waals surface area (Å²) in [5.41, 5.74) is 0.970. The van der Waals surface area contributed by atoms with Crippen LogP contribution in [0.5, 0.6) is 17.2 Å². The summed E-state index contributed by atoms with van der Waals surface area (Å²) in [7, 11) is 8.67. The van der Waals surface area contributed by atoms with Crippen LogP contribution in [0.3, 0.4) is 0 Å². The molecule has 6 heteroatoms. The van der Waals surface area contributed by atoms with Gasteiger partial charge in [-0.15, -0.1) is 0 Å². The van der Waals surface area contributed by atoms with E-state index in [0.29, 0.717) is 36.6 Å². The third-order valence-corrected chi connectivity index (χ3v) is 3.25. The van der Waals surface area contributed by atoms with Gasteiger partial charge in [-0.25, -0.2) is 0 Å². The number of methoxy groups -OCH3 is 3. The summed E-state index contributed by atoms with van der Waals surface area (Å²) in [5, 5.41) is 2.90. The SMILES string of the molecule is COc1cc(CCC(=O)NCCN(C)C)cc(OC)c1OC. The van der Waals surface area contributed by atoms with Gasteiger partial charge in [0.05, 0.1) is 21.3 Å². The number of hydrogen-bond acceptors (Lipinski definition) is 5. The molecule has 1 aromatic rings. The summed E-state index contributed by atoms with van der Waals surface area (Å²) in [6.07, 6.45) is 1.04. The summed E-state index contributed by atoms with van der Waals surface area (Å²) >= 11 is 0. The fraction of sp³-hybridized carbons (Fsp3) is 0.562. The number of nitrogens with one attached hydrogen (secondary N) is 1. The van der Waals surface area contributed by atoms with Crippen LogP contribution >= 0.6 is 0 Å². The lowest BCUT2D eigenvalue weighted by Crippen LogP contribution is -2.31. The van der Waals surface area contributed by atoms with Gasteiger partial charge in [0, 0.05) is 19.5 Å². The molecule has 6 nitrogen and oxygen atoms in total. The Bertz CT molecular complexity index is 464. The molecule has 0 saturated carbocycles. The highest BCUT2D eigenvalue weighted by Gasteiger charge is 2.13. The minimum absolute atomic E-state index is 0.0376. The van der Waals surface area contributed by atoms with Crippen molar-refractivity contribution in [3.05, 3.63) is 17.7 Å². The van der Waals surface area contributed by atoms with Crippen molar-refractivity contribution in [2.24, 2.45) is 0 Å². The summed E-state index contributed by atoms with van der Waals surface area (Å²) < 4.78 is 15.9. The second-order valence-electron chi connectivity index (χ2n) is 5.19. The minimum atomic E-state index is 0.0376. The van der Waals surface area contributed by atoms with Gasteiger partial charge in [0.1, 0.15) is 0 Å². The number of likely N-dealkylation sites (N-methyl/N-ethyl adjacent to an activating group) is 1. The molecule has 124 valence electrons. The normalized spacial score (nSPS) is 10.5. The largest absolute Gasteiger partial charge is 0.493 e. The van der Waals surface area contributed by atoms with E-state index in [1.54, 1.807) is 21.3 Å². The molecule has 0 aliphatic heterocycles. The Balaban J connectivity index is 2.64. The average Bonchev–Trinajstić information content (AvgIpc) is 2.51. The first-order chi connectivity index (χ1) is 10.5. The van der Waals surface area contributed by atoms with Crippen molar-refractivity contribution in [2.75, 3.05) is 48.5 Å². The van der Waals surface area contributed by atoms with Gasteiger partial charge in [0.25, 0.3) is 0 Å². The highest BCUT2D eigenvalue weighted by atomic mass is 16.5. The molecular formula is C16H26N2O4. The standard InChI is InChI=1S/C16H26N2O4/c1-18(2)9-8-17-15(19)7-6-12-10-13(20-3)16(22-5)14(11-12)21-4/h10-11H,6-9H2,1-5H3,(H,17,19). The van der Waals surface area contributed by atoms with Crippen molar-refractivity contribution < 1.29 is 19.0 Å². The number of carbonyl (C=O) groups is 1. The lowest BCUT2D eigenvalue weighted by molar-refractivity contribution is -0.121. The molecular weight excluding hydrogens is 284 g/mol. The van der Waals surface area contributed by atoms with Crippen LogP contribution in [0, 0.1) is 0 Å². The Morgan fingerprint density at radius 2 is 1.68 bits per heavy atom. The van der Waals surface area contributed by atoms with Crippen LogP contribution in [0.4, 0.5) is 0 Å². The molecule has 0 spiro atoms. The number of nitrogens with zero attached hydrogens (tertiary/aromatic N) is 1.